The van der Waals surface area contributed by atoms with Crippen molar-refractivity contribution in [2.75, 3.05) is 24.7 Å². The highest BCUT2D eigenvalue weighted by Crippen LogP contribution is 2.24. The third-order valence-electron chi connectivity index (χ3n) is 11.9. The van der Waals surface area contributed by atoms with Gasteiger partial charge in [-0.3, -0.25) is 33.6 Å². The number of fused-ring (bicyclic) bond motifs is 1. The van der Waals surface area contributed by atoms with Gasteiger partial charge < -0.3 is 69.0 Å². The molecule has 3 aromatic carbocycles. The Kier molecular flexibility index (Phi) is 22.2. The molecule has 0 saturated carbocycles. The molecule has 0 spiro atoms. The summed E-state index contributed by atoms with van der Waals surface area (Å²) in [5.41, 5.74) is 15.0. The number of nitrogens with one attached hydrogen (secondary N) is 8. The Hall–Kier alpha value is -6.01. The number of aromatic amines is 1. The Balaban J connectivity index is 1.56. The molecule has 1 fully saturated rings. The van der Waals surface area contributed by atoms with Crippen LogP contribution >= 0.6 is 21.6 Å². The summed E-state index contributed by atoms with van der Waals surface area (Å²) in [6.07, 6.45) is -0.156. The van der Waals surface area contributed by atoms with E-state index in [4.69, 9.17) is 11.5 Å². The number of nitrogens with two attached hydrogens (primary N) is 2. The van der Waals surface area contributed by atoms with E-state index >= 15 is 0 Å². The summed E-state index contributed by atoms with van der Waals surface area (Å²) in [6.45, 7) is 2.23. The molecule has 1 aromatic heterocycles. The first-order valence-electron chi connectivity index (χ1n) is 23.5. The first kappa shape index (κ1) is 55.9. The molecule has 10 atom stereocenters. The number of para-hydroxylation sites is 1. The lowest BCUT2D eigenvalue weighted by atomic mass is 10.0. The lowest BCUT2D eigenvalue weighted by molar-refractivity contribution is -0.136. The molecule has 0 unspecified atom stereocenters. The minimum Gasteiger partial charge on any atom is -0.394 e. The van der Waals surface area contributed by atoms with Crippen LogP contribution in [0.25, 0.3) is 10.9 Å². The first-order chi connectivity index (χ1) is 34.1. The second-order valence-corrected chi connectivity index (χ2v) is 20.0. The number of rotatable bonds is 17. The molecule has 20 nitrogen and oxygen atoms in total. The minimum absolute atomic E-state index is 0.0340. The smallest absolute Gasteiger partial charge is 0.245 e. The van der Waals surface area contributed by atoms with Crippen molar-refractivity contribution in [2.24, 2.45) is 11.5 Å². The molecule has 71 heavy (non-hydrogen) atoms. The number of aromatic nitrogens is 1. The maximum absolute atomic E-state index is 14.7. The highest BCUT2D eigenvalue weighted by atomic mass is 33.1. The van der Waals surface area contributed by atoms with E-state index in [1.807, 2.05) is 30.3 Å². The van der Waals surface area contributed by atoms with Crippen molar-refractivity contribution in [1.82, 2.24) is 42.2 Å². The summed E-state index contributed by atoms with van der Waals surface area (Å²) in [5.74, 6) is -6.01. The molecule has 0 bridgehead atoms. The largest absolute Gasteiger partial charge is 0.394 e. The Bertz CT molecular complexity index is 2400. The van der Waals surface area contributed by atoms with Gasteiger partial charge in [-0.1, -0.05) is 100 Å². The van der Waals surface area contributed by atoms with Crippen LogP contribution in [0.3, 0.4) is 0 Å². The Morgan fingerprint density at radius 3 is 1.96 bits per heavy atom. The molecule has 5 rings (SSSR count). The summed E-state index contributed by atoms with van der Waals surface area (Å²) in [4.78, 5) is 103. The van der Waals surface area contributed by atoms with Crippen LogP contribution in [-0.4, -0.2) is 147 Å². The lowest BCUT2D eigenvalue weighted by Gasteiger charge is -2.29. The van der Waals surface area contributed by atoms with Crippen LogP contribution in [-0.2, 0) is 52.8 Å². The second kappa shape index (κ2) is 28.1. The molecule has 384 valence electrons. The monoisotopic (exact) mass is 1020 g/mol. The number of hydrogen-bond acceptors (Lipinski definition) is 14. The second-order valence-electron chi connectivity index (χ2n) is 17.5. The van der Waals surface area contributed by atoms with Gasteiger partial charge in [-0.15, -0.1) is 0 Å². The number of carbonyl (C=O) groups excluding carboxylic acids is 7. The molecular formula is C49H66N10O10S2. The van der Waals surface area contributed by atoms with E-state index in [1.54, 1.807) is 60.8 Å². The Morgan fingerprint density at radius 2 is 1.31 bits per heavy atom. The Morgan fingerprint density at radius 1 is 0.718 bits per heavy atom. The zero-order valence-electron chi connectivity index (χ0n) is 39.7. The summed E-state index contributed by atoms with van der Waals surface area (Å²) >= 11 is 0. The van der Waals surface area contributed by atoms with E-state index in [0.29, 0.717) is 24.0 Å². The van der Waals surface area contributed by atoms with E-state index in [0.717, 1.165) is 38.1 Å². The van der Waals surface area contributed by atoms with Crippen LogP contribution in [0, 0.1) is 0 Å². The fourth-order valence-electron chi connectivity index (χ4n) is 7.73. The molecule has 7 amide bonds. The van der Waals surface area contributed by atoms with Crippen molar-refractivity contribution >= 4 is 73.8 Å². The molecule has 1 aliphatic heterocycles. The van der Waals surface area contributed by atoms with Crippen LogP contribution in [0.5, 0.6) is 0 Å². The van der Waals surface area contributed by atoms with Crippen molar-refractivity contribution in [3.63, 3.8) is 0 Å². The van der Waals surface area contributed by atoms with Crippen molar-refractivity contribution in [3.05, 3.63) is 108 Å². The highest BCUT2D eigenvalue weighted by Gasteiger charge is 2.36. The number of unbranched alkanes of at least 4 members (excludes halogenated alkanes) is 1. The molecule has 1 saturated heterocycles. The van der Waals surface area contributed by atoms with Crippen molar-refractivity contribution in [3.8, 4) is 0 Å². The number of carbonyl (C=O) groups is 7. The number of amides is 7. The van der Waals surface area contributed by atoms with Gasteiger partial charge in [0.25, 0.3) is 0 Å². The fraction of sp³-hybridized carbons (Fsp3) is 0.449. The van der Waals surface area contributed by atoms with E-state index in [-0.39, 0.29) is 43.7 Å². The summed E-state index contributed by atoms with van der Waals surface area (Å²) in [6, 6.07) is 14.6. The minimum atomic E-state index is -1.66. The SMILES string of the molecule is C[C@H](O)[C@H]1NC(=O)[C@@H](CCCCN)NC(=O)[C@@H](Cc2c[nH]c3ccccc23)NC(=O)[C@@H](Cc2ccccc2)NC(=O)[C@@H](NC(=O)[C@H](N)Cc2ccccc2)CSSC[C@@H](C(=O)N[C@@H](CO)[C@@H](C)O)NC1=O. The molecule has 1 aliphatic rings. The predicted octanol–water partition coefficient (Wildman–Crippen LogP) is -0.805. The van der Waals surface area contributed by atoms with Gasteiger partial charge in [0.2, 0.25) is 41.4 Å². The molecular weight excluding hydrogens is 953 g/mol. The zero-order valence-corrected chi connectivity index (χ0v) is 41.3. The standard InChI is InChI=1S/C49H66N10O10S2/c1-28(61)39(25-60)56-48(68)41-27-71-70-26-40(57-43(63)34(51)21-30-13-5-3-6-14-30)47(67)54-37(22-31-15-7-4-8-16-31)45(65)55-38(23-32-24-52-35-18-10-9-17-33(32)35)46(66)53-36(19-11-12-20-50)44(64)59-42(29(2)62)49(69)58-41/h3-10,13-18,24,28-29,34,36-42,52,60-62H,11-12,19-23,25-27,50-51H2,1-2H3,(H,53,66)(H,54,67)(H,55,65)(H,56,68)(H,57,63)(H,58,69)(H,59,64)/t28-,29+,34-,36-,37-,38-,39+,40+,41+,42-/m1/s1. The summed E-state index contributed by atoms with van der Waals surface area (Å²) in [7, 11) is 2.06. The van der Waals surface area contributed by atoms with Crippen molar-refractivity contribution in [2.45, 2.75) is 113 Å². The number of hydrogen-bond donors (Lipinski definition) is 13. The van der Waals surface area contributed by atoms with Crippen molar-refractivity contribution in [1.29, 1.82) is 0 Å². The summed E-state index contributed by atoms with van der Waals surface area (Å²) < 4.78 is 0. The van der Waals surface area contributed by atoms with Gasteiger partial charge in [0.15, 0.2) is 0 Å². The molecule has 2 heterocycles. The maximum atomic E-state index is 14.7. The van der Waals surface area contributed by atoms with E-state index < -0.39 is 108 Å². The quantitative estimate of drug-likeness (QED) is 0.0455. The van der Waals surface area contributed by atoms with Crippen LogP contribution in [0.4, 0.5) is 0 Å². The van der Waals surface area contributed by atoms with E-state index in [2.05, 4.69) is 42.2 Å². The van der Waals surface area contributed by atoms with Gasteiger partial charge in [-0.2, -0.15) is 0 Å². The third-order valence-corrected chi connectivity index (χ3v) is 14.3. The maximum Gasteiger partial charge on any atom is 0.245 e. The van der Waals surface area contributed by atoms with Gasteiger partial charge in [-0.25, -0.2) is 0 Å². The molecule has 22 heteroatoms. The van der Waals surface area contributed by atoms with Gasteiger partial charge in [-0.05, 0) is 68.8 Å². The fourth-order valence-corrected chi connectivity index (χ4v) is 10.1. The number of aliphatic hydroxyl groups is 3. The number of benzene rings is 3. The molecule has 4 aromatic rings. The zero-order chi connectivity index (χ0) is 51.5. The number of aliphatic hydroxyl groups excluding tert-OH is 3. The molecule has 0 aliphatic carbocycles. The number of H-pyrrole nitrogens is 1. The molecule has 15 N–H and O–H groups in total. The average Bonchev–Trinajstić information content (AvgIpc) is 3.76. The van der Waals surface area contributed by atoms with Gasteiger partial charge in [0.1, 0.15) is 36.3 Å². The van der Waals surface area contributed by atoms with Crippen molar-refractivity contribution < 1.29 is 48.9 Å². The van der Waals surface area contributed by atoms with Crippen LogP contribution in [0.2, 0.25) is 0 Å². The van der Waals surface area contributed by atoms with E-state index in [9.17, 15) is 48.9 Å². The average molecular weight is 1020 g/mol. The Labute approximate surface area is 420 Å². The van der Waals surface area contributed by atoms with Crippen LogP contribution < -0.4 is 48.7 Å². The highest BCUT2D eigenvalue weighted by molar-refractivity contribution is 8.76. The normalized spacial score (nSPS) is 22.8. The summed E-state index contributed by atoms with van der Waals surface area (Å²) in [5, 5.41) is 50.5. The third kappa shape index (κ3) is 17.1. The van der Waals surface area contributed by atoms with Gasteiger partial charge in [0, 0.05) is 41.4 Å². The van der Waals surface area contributed by atoms with Gasteiger partial charge in [0.05, 0.1) is 30.9 Å². The van der Waals surface area contributed by atoms with Gasteiger partial charge >= 0.3 is 0 Å². The molecule has 0 radical (unpaired) electrons. The lowest BCUT2D eigenvalue weighted by Crippen LogP contribution is -2.62. The van der Waals surface area contributed by atoms with E-state index in [1.165, 1.54) is 13.8 Å². The first-order valence-corrected chi connectivity index (χ1v) is 26.0. The topological polar surface area (TPSA) is 332 Å². The van der Waals surface area contributed by atoms with Crippen LogP contribution in [0.1, 0.15) is 49.8 Å². The predicted molar refractivity (Wildman–Crippen MR) is 272 cm³/mol. The van der Waals surface area contributed by atoms with Crippen LogP contribution in [0.15, 0.2) is 91.1 Å².